The van der Waals surface area contributed by atoms with Crippen LogP contribution in [-0.2, 0) is 10.0 Å². The first kappa shape index (κ1) is 28.7. The number of anilines is 3. The summed E-state index contributed by atoms with van der Waals surface area (Å²) in [6, 6.07) is 19.1. The lowest BCUT2D eigenvalue weighted by Gasteiger charge is -2.16. The largest absolute Gasteiger partial charge is 0.478 e. The molecule has 0 spiro atoms. The first-order chi connectivity index (χ1) is 20.6. The van der Waals surface area contributed by atoms with Crippen molar-refractivity contribution in [3.05, 3.63) is 114 Å². The molecule has 0 bridgehead atoms. The fraction of sp³-hybridized carbons (Fsp3) is 0.0333. The first-order valence-electron chi connectivity index (χ1n) is 12.6. The van der Waals surface area contributed by atoms with Crippen molar-refractivity contribution in [3.8, 4) is 22.8 Å². The van der Waals surface area contributed by atoms with Crippen LogP contribution < -0.4 is 14.8 Å². The van der Waals surface area contributed by atoms with Gasteiger partial charge in [0.1, 0.15) is 16.4 Å². The number of aromatic nitrogens is 3. The van der Waals surface area contributed by atoms with E-state index in [-0.39, 0.29) is 34.3 Å². The average Bonchev–Trinajstić information content (AvgIpc) is 2.99. The number of carbonyl (C=O) groups is 2. The van der Waals surface area contributed by atoms with Crippen LogP contribution in [0.15, 0.2) is 102 Å². The van der Waals surface area contributed by atoms with Gasteiger partial charge in [0.05, 0.1) is 22.5 Å². The molecule has 43 heavy (non-hydrogen) atoms. The maximum Gasteiger partial charge on any atom is 0.335 e. The predicted molar refractivity (Wildman–Crippen MR) is 157 cm³/mol. The normalized spacial score (nSPS) is 11.0. The van der Waals surface area contributed by atoms with E-state index in [1.54, 1.807) is 55.8 Å². The molecule has 2 aromatic heterocycles. The van der Waals surface area contributed by atoms with Crippen LogP contribution in [0.3, 0.4) is 0 Å². The third-order valence-corrected chi connectivity index (χ3v) is 7.55. The van der Waals surface area contributed by atoms with Gasteiger partial charge in [-0.1, -0.05) is 6.07 Å². The van der Waals surface area contributed by atoms with Crippen LogP contribution in [0.25, 0.3) is 11.3 Å². The second-order valence-electron chi connectivity index (χ2n) is 9.17. The summed E-state index contributed by atoms with van der Waals surface area (Å²) in [5, 5.41) is 21.7. The Balaban J connectivity index is 1.44. The highest BCUT2D eigenvalue weighted by molar-refractivity contribution is 7.92. The number of nitrogens with zero attached hydrogens (tertiary/aromatic N) is 3. The fourth-order valence-electron chi connectivity index (χ4n) is 3.96. The van der Waals surface area contributed by atoms with Crippen molar-refractivity contribution in [2.75, 3.05) is 10.0 Å². The molecule has 4 N–H and O–H groups in total. The number of rotatable bonds is 10. The SMILES string of the molecule is Cc1ccc(Nc2nccc(-c3cccnc3)n2)cc1NS(=O)(=O)c1cc(C(=O)O)ccc1Oc1ccc(C(=O)O)cc1. The second kappa shape index (κ2) is 12.0. The molecule has 216 valence electrons. The Morgan fingerprint density at radius 3 is 2.30 bits per heavy atom. The van der Waals surface area contributed by atoms with Crippen molar-refractivity contribution in [1.82, 2.24) is 15.0 Å². The zero-order chi connectivity index (χ0) is 30.6. The van der Waals surface area contributed by atoms with Crippen molar-refractivity contribution in [2.24, 2.45) is 0 Å². The minimum atomic E-state index is -4.39. The van der Waals surface area contributed by atoms with Crippen LogP contribution >= 0.6 is 0 Å². The Hall–Kier alpha value is -5.82. The lowest BCUT2D eigenvalue weighted by molar-refractivity contribution is 0.0686. The molecule has 0 amide bonds. The monoisotopic (exact) mass is 597 g/mol. The summed E-state index contributed by atoms with van der Waals surface area (Å²) in [6.07, 6.45) is 4.92. The zero-order valence-electron chi connectivity index (χ0n) is 22.4. The van der Waals surface area contributed by atoms with Gasteiger partial charge >= 0.3 is 11.9 Å². The standard InChI is InChI=1S/C30H23N5O7S/c1-18-4-8-22(33-30-32-14-12-24(34-30)21-3-2-13-31-17-21)16-25(18)35-43(40,41)27-15-20(29(38)39)7-11-26(27)42-23-9-5-19(6-10-23)28(36)37/h2-17,35H,1H3,(H,36,37)(H,38,39)(H,32,33,34). The number of hydrogen-bond donors (Lipinski definition) is 4. The van der Waals surface area contributed by atoms with Gasteiger partial charge in [0.25, 0.3) is 10.0 Å². The van der Waals surface area contributed by atoms with Crippen molar-refractivity contribution in [1.29, 1.82) is 0 Å². The molecular weight excluding hydrogens is 574 g/mol. The zero-order valence-corrected chi connectivity index (χ0v) is 23.2. The smallest absolute Gasteiger partial charge is 0.335 e. The minimum Gasteiger partial charge on any atom is -0.478 e. The molecule has 5 rings (SSSR count). The summed E-state index contributed by atoms with van der Waals surface area (Å²) in [7, 11) is -4.39. The summed E-state index contributed by atoms with van der Waals surface area (Å²) < 4.78 is 35.5. The maximum atomic E-state index is 13.6. The number of aromatic carboxylic acids is 2. The van der Waals surface area contributed by atoms with Gasteiger partial charge in [0.15, 0.2) is 0 Å². The Morgan fingerprint density at radius 1 is 0.860 bits per heavy atom. The van der Waals surface area contributed by atoms with E-state index in [0.29, 0.717) is 16.9 Å². The van der Waals surface area contributed by atoms with Gasteiger partial charge in [-0.05, 0) is 85.3 Å². The Bertz CT molecular complexity index is 1930. The molecule has 0 aliphatic heterocycles. The average molecular weight is 598 g/mol. The summed E-state index contributed by atoms with van der Waals surface area (Å²) in [5.41, 5.74) is 2.46. The molecule has 0 aliphatic rings. The summed E-state index contributed by atoms with van der Waals surface area (Å²) in [5.74, 6) is -2.19. The number of sulfonamides is 1. The van der Waals surface area contributed by atoms with Crippen LogP contribution in [0.5, 0.6) is 11.5 Å². The van der Waals surface area contributed by atoms with Gasteiger partial charge < -0.3 is 20.3 Å². The summed E-state index contributed by atoms with van der Waals surface area (Å²) in [4.78, 5) is 35.2. The molecule has 0 fully saturated rings. The van der Waals surface area contributed by atoms with Crippen LogP contribution in [0.2, 0.25) is 0 Å². The number of carboxylic acid groups (broad SMARTS) is 2. The molecule has 2 heterocycles. The van der Waals surface area contributed by atoms with Crippen LogP contribution in [0, 0.1) is 6.92 Å². The second-order valence-corrected chi connectivity index (χ2v) is 10.8. The van der Waals surface area contributed by atoms with E-state index in [4.69, 9.17) is 9.84 Å². The van der Waals surface area contributed by atoms with Crippen molar-refractivity contribution < 1.29 is 33.0 Å². The highest BCUT2D eigenvalue weighted by Gasteiger charge is 2.24. The molecular formula is C30H23N5O7S. The molecule has 0 aliphatic carbocycles. The van der Waals surface area contributed by atoms with E-state index in [0.717, 1.165) is 11.6 Å². The van der Waals surface area contributed by atoms with Crippen molar-refractivity contribution in [3.63, 3.8) is 0 Å². The lowest BCUT2D eigenvalue weighted by Crippen LogP contribution is -2.16. The number of pyridine rings is 1. The van der Waals surface area contributed by atoms with Crippen LogP contribution in [0.4, 0.5) is 17.3 Å². The summed E-state index contributed by atoms with van der Waals surface area (Å²) >= 11 is 0. The number of ether oxygens (including phenoxy) is 1. The lowest BCUT2D eigenvalue weighted by atomic mass is 10.2. The highest BCUT2D eigenvalue weighted by atomic mass is 32.2. The van der Waals surface area contributed by atoms with Crippen molar-refractivity contribution in [2.45, 2.75) is 11.8 Å². The Morgan fingerprint density at radius 2 is 1.60 bits per heavy atom. The molecule has 13 heteroatoms. The molecule has 5 aromatic rings. The molecule has 0 saturated heterocycles. The van der Waals surface area contributed by atoms with Gasteiger partial charge in [-0.15, -0.1) is 0 Å². The van der Waals surface area contributed by atoms with E-state index in [9.17, 15) is 23.1 Å². The Labute approximate surface area is 245 Å². The topological polar surface area (TPSA) is 181 Å². The Kier molecular flexibility index (Phi) is 7.98. The third-order valence-electron chi connectivity index (χ3n) is 6.16. The minimum absolute atomic E-state index is 0.0150. The number of aryl methyl sites for hydroxylation is 1. The van der Waals surface area contributed by atoms with E-state index >= 15 is 0 Å². The van der Waals surface area contributed by atoms with Gasteiger partial charge in [-0.3, -0.25) is 9.71 Å². The fourth-order valence-corrected chi connectivity index (χ4v) is 5.24. The van der Waals surface area contributed by atoms with E-state index in [1.165, 1.54) is 36.4 Å². The first-order valence-corrected chi connectivity index (χ1v) is 14.1. The molecule has 3 aromatic carbocycles. The van der Waals surface area contributed by atoms with Crippen molar-refractivity contribution >= 4 is 39.3 Å². The van der Waals surface area contributed by atoms with Gasteiger partial charge in [0.2, 0.25) is 5.95 Å². The van der Waals surface area contributed by atoms with E-state index in [2.05, 4.69) is 25.0 Å². The van der Waals surface area contributed by atoms with Gasteiger partial charge in [-0.2, -0.15) is 0 Å². The number of carboxylic acids is 2. The van der Waals surface area contributed by atoms with Crippen LogP contribution in [0.1, 0.15) is 26.3 Å². The molecule has 12 nitrogen and oxygen atoms in total. The van der Waals surface area contributed by atoms with Gasteiger partial charge in [0, 0.05) is 29.8 Å². The van der Waals surface area contributed by atoms with E-state index in [1.807, 2.05) is 6.07 Å². The third kappa shape index (κ3) is 6.74. The quantitative estimate of drug-likeness (QED) is 0.158. The van der Waals surface area contributed by atoms with Crippen LogP contribution in [-0.4, -0.2) is 45.5 Å². The van der Waals surface area contributed by atoms with E-state index < -0.39 is 26.9 Å². The number of benzene rings is 3. The number of hydrogen-bond acceptors (Lipinski definition) is 9. The predicted octanol–water partition coefficient (Wildman–Crippen LogP) is 5.58. The molecule has 0 saturated carbocycles. The number of nitrogens with one attached hydrogen (secondary N) is 2. The molecule has 0 atom stereocenters. The molecule has 0 radical (unpaired) electrons. The molecule has 0 unspecified atom stereocenters. The maximum absolute atomic E-state index is 13.6. The summed E-state index contributed by atoms with van der Waals surface area (Å²) in [6.45, 7) is 1.70. The van der Waals surface area contributed by atoms with Gasteiger partial charge in [-0.25, -0.2) is 28.0 Å². The highest BCUT2D eigenvalue weighted by Crippen LogP contribution is 2.33.